The highest BCUT2D eigenvalue weighted by Crippen LogP contribution is 2.28. The van der Waals surface area contributed by atoms with Crippen molar-refractivity contribution >= 4 is 6.08 Å². The third-order valence-corrected chi connectivity index (χ3v) is 1.86. The lowest BCUT2D eigenvalue weighted by Crippen LogP contribution is -1.96. The van der Waals surface area contributed by atoms with Crippen LogP contribution in [0.5, 0.6) is 11.5 Å². The van der Waals surface area contributed by atoms with Gasteiger partial charge in [-0.1, -0.05) is 24.1 Å². The van der Waals surface area contributed by atoms with Crippen molar-refractivity contribution in [3.63, 3.8) is 0 Å². The minimum Gasteiger partial charge on any atom is -0.493 e. The molecule has 1 aromatic carbocycles. The highest BCUT2D eigenvalue weighted by atomic mass is 16.5. The molecule has 0 spiro atoms. The van der Waals surface area contributed by atoms with Crippen molar-refractivity contribution in [1.82, 2.24) is 0 Å². The van der Waals surface area contributed by atoms with E-state index in [1.807, 2.05) is 37.3 Å². The molecule has 0 saturated heterocycles. The van der Waals surface area contributed by atoms with E-state index in [1.165, 1.54) is 0 Å². The molecule has 2 nitrogen and oxygen atoms in total. The molecule has 0 bridgehead atoms. The van der Waals surface area contributed by atoms with Crippen molar-refractivity contribution in [2.75, 3.05) is 13.7 Å². The second kappa shape index (κ2) is 5.77. The fourth-order valence-corrected chi connectivity index (χ4v) is 1.22. The number of ether oxygens (including phenoxy) is 2. The molecule has 2 heteroatoms. The van der Waals surface area contributed by atoms with Gasteiger partial charge in [0, 0.05) is 0 Å². The second-order valence-electron chi connectivity index (χ2n) is 2.90. The molecule has 0 amide bonds. The Morgan fingerprint density at radius 3 is 2.80 bits per heavy atom. The van der Waals surface area contributed by atoms with Crippen molar-refractivity contribution < 1.29 is 9.47 Å². The summed E-state index contributed by atoms with van der Waals surface area (Å²) >= 11 is 0. The highest BCUT2D eigenvalue weighted by Gasteiger charge is 2.03. The first kappa shape index (κ1) is 11.2. The molecule has 0 aliphatic rings. The maximum Gasteiger partial charge on any atom is 0.162 e. The van der Waals surface area contributed by atoms with Gasteiger partial charge < -0.3 is 9.47 Å². The van der Waals surface area contributed by atoms with Gasteiger partial charge in [-0.25, -0.2) is 0 Å². The summed E-state index contributed by atoms with van der Waals surface area (Å²) < 4.78 is 10.5. The highest BCUT2D eigenvalue weighted by molar-refractivity contribution is 5.55. The molecule has 15 heavy (non-hydrogen) atoms. The van der Waals surface area contributed by atoms with Gasteiger partial charge in [-0.3, -0.25) is 0 Å². The molecule has 0 fully saturated rings. The molecule has 0 heterocycles. The number of benzene rings is 1. The summed E-state index contributed by atoms with van der Waals surface area (Å²) in [7, 11) is 1.61. The molecular weight excluding hydrogens is 188 g/mol. The number of rotatable bonds is 4. The number of allylic oxidation sites excluding steroid dienone is 1. The van der Waals surface area contributed by atoms with Crippen LogP contribution in [-0.2, 0) is 0 Å². The van der Waals surface area contributed by atoms with E-state index in [-0.39, 0.29) is 6.61 Å². The van der Waals surface area contributed by atoms with Crippen LogP contribution in [0.4, 0.5) is 0 Å². The quantitative estimate of drug-likeness (QED) is 0.699. The lowest BCUT2D eigenvalue weighted by Gasteiger charge is -2.09. The smallest absolute Gasteiger partial charge is 0.162 e. The van der Waals surface area contributed by atoms with Crippen molar-refractivity contribution in [1.29, 1.82) is 0 Å². The Bertz CT molecular complexity index is 386. The minimum absolute atomic E-state index is 0.249. The van der Waals surface area contributed by atoms with E-state index < -0.39 is 0 Å². The van der Waals surface area contributed by atoms with Gasteiger partial charge >= 0.3 is 0 Å². The predicted molar refractivity (Wildman–Crippen MR) is 62.0 cm³/mol. The van der Waals surface area contributed by atoms with Crippen LogP contribution in [-0.4, -0.2) is 13.7 Å². The summed E-state index contributed by atoms with van der Waals surface area (Å²) in [5.74, 6) is 3.78. The van der Waals surface area contributed by atoms with Gasteiger partial charge in [0.15, 0.2) is 11.5 Å². The van der Waals surface area contributed by atoms with Crippen LogP contribution in [0.1, 0.15) is 12.5 Å². The SMILES string of the molecule is C#CCOc1ccc(C=CC)cc1OC. The van der Waals surface area contributed by atoms with E-state index in [0.717, 1.165) is 5.56 Å². The van der Waals surface area contributed by atoms with Gasteiger partial charge in [-0.15, -0.1) is 6.42 Å². The van der Waals surface area contributed by atoms with E-state index in [9.17, 15) is 0 Å². The van der Waals surface area contributed by atoms with E-state index in [1.54, 1.807) is 7.11 Å². The van der Waals surface area contributed by atoms with Gasteiger partial charge in [0.05, 0.1) is 7.11 Å². The summed E-state index contributed by atoms with van der Waals surface area (Å²) in [5.41, 5.74) is 1.07. The standard InChI is InChI=1S/C13H14O2/c1-4-6-11-7-8-12(15-9-5-2)13(10-11)14-3/h2,4,6-8,10H,9H2,1,3H3. The number of terminal acetylenes is 1. The minimum atomic E-state index is 0.249. The molecule has 0 N–H and O–H groups in total. The van der Waals surface area contributed by atoms with E-state index in [4.69, 9.17) is 15.9 Å². The molecule has 1 aromatic rings. The number of hydrogen-bond acceptors (Lipinski definition) is 2. The molecule has 0 saturated carbocycles. The topological polar surface area (TPSA) is 18.5 Å². The fraction of sp³-hybridized carbons (Fsp3) is 0.231. The lowest BCUT2D eigenvalue weighted by molar-refractivity contribution is 0.331. The zero-order chi connectivity index (χ0) is 11.1. The summed E-state index contributed by atoms with van der Waals surface area (Å²) in [6.45, 7) is 2.22. The van der Waals surface area contributed by atoms with Crippen LogP contribution in [0.15, 0.2) is 24.3 Å². The molecule has 0 unspecified atom stereocenters. The van der Waals surface area contributed by atoms with Crippen LogP contribution < -0.4 is 9.47 Å². The molecule has 0 atom stereocenters. The average Bonchev–Trinajstić information content (AvgIpc) is 2.27. The third-order valence-electron chi connectivity index (χ3n) is 1.86. The molecule has 0 aliphatic carbocycles. The van der Waals surface area contributed by atoms with Gasteiger partial charge in [0.25, 0.3) is 0 Å². The summed E-state index contributed by atoms with van der Waals surface area (Å²) in [5, 5.41) is 0. The first-order chi connectivity index (χ1) is 7.31. The normalized spacial score (nSPS) is 9.93. The summed E-state index contributed by atoms with van der Waals surface area (Å²) in [6.07, 6.45) is 9.08. The Balaban J connectivity index is 2.94. The molecule has 0 radical (unpaired) electrons. The molecular formula is C13H14O2. The molecule has 0 aliphatic heterocycles. The Morgan fingerprint density at radius 1 is 1.40 bits per heavy atom. The molecule has 0 aromatic heterocycles. The maximum absolute atomic E-state index is 5.33. The van der Waals surface area contributed by atoms with Crippen molar-refractivity contribution in [3.05, 3.63) is 29.8 Å². The molecule has 78 valence electrons. The Kier molecular flexibility index (Phi) is 4.30. The van der Waals surface area contributed by atoms with E-state index >= 15 is 0 Å². The van der Waals surface area contributed by atoms with Crippen molar-refractivity contribution in [3.8, 4) is 23.8 Å². The van der Waals surface area contributed by atoms with Crippen LogP contribution in [0.3, 0.4) is 0 Å². The largest absolute Gasteiger partial charge is 0.493 e. The first-order valence-electron chi connectivity index (χ1n) is 4.68. The average molecular weight is 202 g/mol. The van der Waals surface area contributed by atoms with Gasteiger partial charge in [0.2, 0.25) is 0 Å². The van der Waals surface area contributed by atoms with Crippen molar-refractivity contribution in [2.45, 2.75) is 6.92 Å². The van der Waals surface area contributed by atoms with E-state index in [2.05, 4.69) is 5.92 Å². The zero-order valence-electron chi connectivity index (χ0n) is 8.99. The van der Waals surface area contributed by atoms with E-state index in [0.29, 0.717) is 11.5 Å². The van der Waals surface area contributed by atoms with Crippen LogP contribution in [0.2, 0.25) is 0 Å². The third kappa shape index (κ3) is 3.07. The number of methoxy groups -OCH3 is 1. The zero-order valence-corrected chi connectivity index (χ0v) is 8.99. The summed E-state index contributed by atoms with van der Waals surface area (Å²) in [6, 6.07) is 5.71. The van der Waals surface area contributed by atoms with Crippen molar-refractivity contribution in [2.24, 2.45) is 0 Å². The first-order valence-corrected chi connectivity index (χ1v) is 4.68. The van der Waals surface area contributed by atoms with Gasteiger partial charge in [0.1, 0.15) is 6.61 Å². The maximum atomic E-state index is 5.33. The Morgan fingerprint density at radius 2 is 2.20 bits per heavy atom. The van der Waals surface area contributed by atoms with Crippen LogP contribution in [0.25, 0.3) is 6.08 Å². The van der Waals surface area contributed by atoms with Gasteiger partial charge in [-0.05, 0) is 24.6 Å². The second-order valence-corrected chi connectivity index (χ2v) is 2.90. The predicted octanol–water partition coefficient (Wildman–Crippen LogP) is 2.74. The number of hydrogen-bond donors (Lipinski definition) is 0. The monoisotopic (exact) mass is 202 g/mol. The summed E-state index contributed by atoms with van der Waals surface area (Å²) in [4.78, 5) is 0. The lowest BCUT2D eigenvalue weighted by atomic mass is 10.2. The van der Waals surface area contributed by atoms with Gasteiger partial charge in [-0.2, -0.15) is 0 Å². The Hall–Kier alpha value is -1.88. The molecule has 1 rings (SSSR count). The Labute approximate surface area is 90.5 Å². The van der Waals surface area contributed by atoms with Crippen LogP contribution in [0, 0.1) is 12.3 Å². The fourth-order valence-electron chi connectivity index (χ4n) is 1.22. The van der Waals surface area contributed by atoms with Crippen LogP contribution >= 0.6 is 0 Å².